The molecule has 4 aromatic rings. The van der Waals surface area contributed by atoms with Gasteiger partial charge in [0, 0.05) is 35.6 Å². The zero-order valence-corrected chi connectivity index (χ0v) is 16.5. The molecule has 3 aromatic carbocycles. The van der Waals surface area contributed by atoms with E-state index >= 15 is 0 Å². The van der Waals surface area contributed by atoms with Gasteiger partial charge in [-0.1, -0.05) is 30.3 Å². The molecule has 0 aliphatic rings. The number of aromatic nitrogens is 1. The highest BCUT2D eigenvalue weighted by Gasteiger charge is 2.07. The lowest BCUT2D eigenvalue weighted by Crippen LogP contribution is -2.05. The summed E-state index contributed by atoms with van der Waals surface area (Å²) >= 11 is 0. The fourth-order valence-electron chi connectivity index (χ4n) is 3.37. The van der Waals surface area contributed by atoms with Crippen molar-refractivity contribution in [2.24, 2.45) is 0 Å². The number of nitrogens with one attached hydrogen (secondary N) is 2. The number of hydrogen-bond acceptors (Lipinski definition) is 4. The van der Waals surface area contributed by atoms with Crippen LogP contribution in [0.2, 0.25) is 0 Å². The number of nitrogens with zero attached hydrogens (tertiary/aromatic N) is 2. The summed E-state index contributed by atoms with van der Waals surface area (Å²) in [5, 5.41) is 16.1. The van der Waals surface area contributed by atoms with E-state index < -0.39 is 0 Å². The normalized spacial score (nSPS) is 10.4. The van der Waals surface area contributed by atoms with E-state index in [4.69, 9.17) is 5.26 Å². The number of pyridine rings is 1. The van der Waals surface area contributed by atoms with Crippen molar-refractivity contribution in [1.29, 1.82) is 5.26 Å². The van der Waals surface area contributed by atoms with Crippen molar-refractivity contribution in [3.05, 3.63) is 84.6 Å². The molecule has 1 amide bonds. The summed E-state index contributed by atoms with van der Waals surface area (Å²) in [6.45, 7) is 1.50. The number of hydrogen-bond donors (Lipinski definition) is 2. The molecule has 0 atom stereocenters. The van der Waals surface area contributed by atoms with E-state index in [9.17, 15) is 4.79 Å². The molecular weight excluding hydrogens is 372 g/mol. The molecule has 5 nitrogen and oxygen atoms in total. The minimum absolute atomic E-state index is 0.0952. The van der Waals surface area contributed by atoms with Crippen LogP contribution in [0.25, 0.3) is 22.0 Å². The first kappa shape index (κ1) is 19.2. The van der Waals surface area contributed by atoms with Crippen molar-refractivity contribution >= 4 is 33.9 Å². The molecule has 0 aliphatic carbocycles. The zero-order chi connectivity index (χ0) is 20.9. The Morgan fingerprint density at radius 1 is 0.967 bits per heavy atom. The third kappa shape index (κ3) is 4.29. The molecule has 146 valence electrons. The van der Waals surface area contributed by atoms with E-state index in [0.29, 0.717) is 6.42 Å². The van der Waals surface area contributed by atoms with Gasteiger partial charge >= 0.3 is 0 Å². The minimum atomic E-state index is -0.0952. The highest BCUT2D eigenvalue weighted by molar-refractivity contribution is 5.96. The number of anilines is 3. The third-order valence-electron chi connectivity index (χ3n) is 4.77. The second-order valence-corrected chi connectivity index (χ2v) is 7.01. The van der Waals surface area contributed by atoms with Crippen LogP contribution in [0.5, 0.6) is 0 Å². The van der Waals surface area contributed by atoms with Gasteiger partial charge in [-0.15, -0.1) is 0 Å². The van der Waals surface area contributed by atoms with Crippen molar-refractivity contribution in [3.8, 4) is 17.2 Å². The van der Waals surface area contributed by atoms with E-state index in [1.54, 1.807) is 6.20 Å². The number of fused-ring (bicyclic) bond motifs is 1. The Hall–Kier alpha value is -4.17. The van der Waals surface area contributed by atoms with Crippen LogP contribution < -0.4 is 10.6 Å². The topological polar surface area (TPSA) is 77.8 Å². The minimum Gasteiger partial charge on any atom is -0.355 e. The molecular formula is C25H20N4O. The molecule has 5 heteroatoms. The van der Waals surface area contributed by atoms with Gasteiger partial charge in [0.1, 0.15) is 0 Å². The van der Waals surface area contributed by atoms with E-state index in [1.807, 2.05) is 66.7 Å². The number of benzene rings is 3. The Kier molecular flexibility index (Phi) is 5.40. The quantitative estimate of drug-likeness (QED) is 0.459. The average molecular weight is 392 g/mol. The first-order valence-corrected chi connectivity index (χ1v) is 9.62. The molecule has 0 saturated heterocycles. The smallest absolute Gasteiger partial charge is 0.221 e. The second kappa shape index (κ2) is 8.46. The van der Waals surface area contributed by atoms with Crippen LogP contribution in [0.4, 0.5) is 17.1 Å². The Balaban J connectivity index is 1.69. The highest BCUT2D eigenvalue weighted by Crippen LogP contribution is 2.31. The molecule has 1 aromatic heterocycles. The van der Waals surface area contributed by atoms with Crippen LogP contribution in [0.1, 0.15) is 12.5 Å². The molecule has 0 bridgehead atoms. The standard InChI is InChI=1S/C25H20N4O/c1-17(30)28-22-4-2-3-19(15-22)20-7-10-24-23(16-20)25(12-14-27-24)29-21-8-5-18(6-9-21)11-13-26/h2-10,12,14-16H,11H2,1H3,(H,27,29)(H,28,30). The van der Waals surface area contributed by atoms with Crippen LogP contribution >= 0.6 is 0 Å². The molecule has 4 rings (SSSR count). The summed E-state index contributed by atoms with van der Waals surface area (Å²) in [7, 11) is 0. The number of amides is 1. The maximum Gasteiger partial charge on any atom is 0.221 e. The Morgan fingerprint density at radius 3 is 2.53 bits per heavy atom. The van der Waals surface area contributed by atoms with Crippen LogP contribution in [0, 0.1) is 11.3 Å². The summed E-state index contributed by atoms with van der Waals surface area (Å²) in [6.07, 6.45) is 2.19. The lowest BCUT2D eigenvalue weighted by Gasteiger charge is -2.12. The van der Waals surface area contributed by atoms with Gasteiger partial charge in [0.05, 0.1) is 18.0 Å². The predicted molar refractivity (Wildman–Crippen MR) is 121 cm³/mol. The van der Waals surface area contributed by atoms with Crippen LogP contribution in [-0.4, -0.2) is 10.9 Å². The summed E-state index contributed by atoms with van der Waals surface area (Å²) in [6, 6.07) is 25.9. The predicted octanol–water partition coefficient (Wildman–Crippen LogP) is 5.67. The van der Waals surface area contributed by atoms with E-state index in [0.717, 1.165) is 44.7 Å². The van der Waals surface area contributed by atoms with Crippen LogP contribution in [0.15, 0.2) is 79.0 Å². The van der Waals surface area contributed by atoms with Crippen molar-refractivity contribution in [1.82, 2.24) is 4.98 Å². The fourth-order valence-corrected chi connectivity index (χ4v) is 3.37. The molecule has 0 saturated carbocycles. The van der Waals surface area contributed by atoms with Gasteiger partial charge in [-0.25, -0.2) is 0 Å². The molecule has 30 heavy (non-hydrogen) atoms. The van der Waals surface area contributed by atoms with Gasteiger partial charge in [-0.2, -0.15) is 5.26 Å². The maximum absolute atomic E-state index is 11.4. The highest BCUT2D eigenvalue weighted by atomic mass is 16.1. The van der Waals surface area contributed by atoms with Gasteiger partial charge in [0.25, 0.3) is 0 Å². The first-order chi connectivity index (χ1) is 14.6. The average Bonchev–Trinajstić information content (AvgIpc) is 2.75. The van der Waals surface area contributed by atoms with Crippen LogP contribution in [0.3, 0.4) is 0 Å². The molecule has 0 unspecified atom stereocenters. The largest absolute Gasteiger partial charge is 0.355 e. The first-order valence-electron chi connectivity index (χ1n) is 9.62. The Labute approximate surface area is 175 Å². The van der Waals surface area contributed by atoms with Crippen molar-refractivity contribution in [2.45, 2.75) is 13.3 Å². The van der Waals surface area contributed by atoms with Crippen LogP contribution in [-0.2, 0) is 11.2 Å². The van der Waals surface area contributed by atoms with E-state index in [1.165, 1.54) is 6.92 Å². The lowest BCUT2D eigenvalue weighted by molar-refractivity contribution is -0.114. The monoisotopic (exact) mass is 392 g/mol. The molecule has 2 N–H and O–H groups in total. The van der Waals surface area contributed by atoms with Crippen molar-refractivity contribution in [2.75, 3.05) is 10.6 Å². The third-order valence-corrected chi connectivity index (χ3v) is 4.77. The number of carbonyl (C=O) groups excluding carboxylic acids is 1. The number of rotatable bonds is 5. The van der Waals surface area contributed by atoms with Gasteiger partial charge in [-0.05, 0) is 59.2 Å². The molecule has 1 heterocycles. The van der Waals surface area contributed by atoms with Gasteiger partial charge in [0.2, 0.25) is 5.91 Å². The van der Waals surface area contributed by atoms with Gasteiger partial charge in [0.15, 0.2) is 0 Å². The fraction of sp³-hybridized carbons (Fsp3) is 0.0800. The molecule has 0 aliphatic heterocycles. The Morgan fingerprint density at radius 2 is 1.77 bits per heavy atom. The summed E-state index contributed by atoms with van der Waals surface area (Å²) in [5.74, 6) is -0.0952. The maximum atomic E-state index is 11.4. The lowest BCUT2D eigenvalue weighted by atomic mass is 10.0. The summed E-state index contributed by atoms with van der Waals surface area (Å²) < 4.78 is 0. The van der Waals surface area contributed by atoms with Crippen molar-refractivity contribution < 1.29 is 4.79 Å². The molecule has 0 fully saturated rings. The zero-order valence-electron chi connectivity index (χ0n) is 16.5. The SMILES string of the molecule is CC(=O)Nc1cccc(-c2ccc3nccc(Nc4ccc(CC#N)cc4)c3c2)c1. The molecule has 0 radical (unpaired) electrons. The van der Waals surface area contributed by atoms with Gasteiger partial charge < -0.3 is 10.6 Å². The second-order valence-electron chi connectivity index (χ2n) is 7.01. The van der Waals surface area contributed by atoms with Gasteiger partial charge in [-0.3, -0.25) is 9.78 Å². The number of carbonyl (C=O) groups is 1. The van der Waals surface area contributed by atoms with Crippen molar-refractivity contribution in [3.63, 3.8) is 0 Å². The van der Waals surface area contributed by atoms with E-state index in [2.05, 4.69) is 27.8 Å². The Bertz CT molecular complexity index is 1260. The summed E-state index contributed by atoms with van der Waals surface area (Å²) in [5.41, 5.74) is 6.60. The number of nitriles is 1. The van der Waals surface area contributed by atoms with E-state index in [-0.39, 0.29) is 5.91 Å². The summed E-state index contributed by atoms with van der Waals surface area (Å²) in [4.78, 5) is 15.8. The molecule has 0 spiro atoms.